The average molecular weight is 191 g/mol. The fourth-order valence-electron chi connectivity index (χ4n) is 1.63. The first-order chi connectivity index (χ1) is 5.47. The highest BCUT2D eigenvalue weighted by Gasteiger charge is 2.32. The van der Waals surface area contributed by atoms with Crippen molar-refractivity contribution in [3.8, 4) is 0 Å². The maximum atomic E-state index is 11.1. The van der Waals surface area contributed by atoms with E-state index in [9.17, 15) is 8.42 Å². The smallest absolute Gasteiger partial charge is 0.150 e. The quantitative estimate of drug-likeness (QED) is 0.693. The molecular formula is C8H17NO2S. The van der Waals surface area contributed by atoms with Crippen molar-refractivity contribution >= 4 is 9.84 Å². The van der Waals surface area contributed by atoms with Crippen molar-refractivity contribution in [1.29, 1.82) is 0 Å². The lowest BCUT2D eigenvalue weighted by Gasteiger charge is -2.32. The highest BCUT2D eigenvalue weighted by Crippen LogP contribution is 2.34. The number of sulfone groups is 1. The Morgan fingerprint density at radius 3 is 2.25 bits per heavy atom. The number of hydrogen-bond donors (Lipinski definition) is 1. The van der Waals surface area contributed by atoms with E-state index < -0.39 is 9.84 Å². The van der Waals surface area contributed by atoms with E-state index in [0.29, 0.717) is 18.1 Å². The SMILES string of the molecule is CC1(CCN)CCS(=O)(=O)CC1. The Morgan fingerprint density at radius 1 is 1.33 bits per heavy atom. The van der Waals surface area contributed by atoms with Crippen LogP contribution < -0.4 is 5.73 Å². The summed E-state index contributed by atoms with van der Waals surface area (Å²) in [5, 5.41) is 0. The standard InChI is InChI=1S/C8H17NO2S/c1-8(2-5-9)3-6-12(10,11)7-4-8/h2-7,9H2,1H3. The van der Waals surface area contributed by atoms with Gasteiger partial charge in [0, 0.05) is 0 Å². The molecule has 0 aromatic rings. The third kappa shape index (κ3) is 2.45. The van der Waals surface area contributed by atoms with Gasteiger partial charge >= 0.3 is 0 Å². The minimum Gasteiger partial charge on any atom is -0.330 e. The zero-order chi connectivity index (χ0) is 9.24. The third-order valence-corrected chi connectivity index (χ3v) is 4.43. The first-order valence-corrected chi connectivity index (χ1v) is 6.20. The minimum atomic E-state index is -2.71. The van der Waals surface area contributed by atoms with Crippen LogP contribution in [0.5, 0.6) is 0 Å². The van der Waals surface area contributed by atoms with Gasteiger partial charge in [-0.2, -0.15) is 0 Å². The van der Waals surface area contributed by atoms with E-state index in [1.165, 1.54) is 0 Å². The summed E-state index contributed by atoms with van der Waals surface area (Å²) in [6, 6.07) is 0. The first kappa shape index (κ1) is 9.99. The summed E-state index contributed by atoms with van der Waals surface area (Å²) in [5.41, 5.74) is 5.64. The van der Waals surface area contributed by atoms with Gasteiger partial charge in [-0.05, 0) is 31.2 Å². The molecule has 0 amide bonds. The topological polar surface area (TPSA) is 60.2 Å². The fraction of sp³-hybridized carbons (Fsp3) is 1.00. The molecule has 0 bridgehead atoms. The Hall–Kier alpha value is -0.0900. The van der Waals surface area contributed by atoms with Crippen LogP contribution in [0.1, 0.15) is 26.2 Å². The van der Waals surface area contributed by atoms with E-state index in [0.717, 1.165) is 19.3 Å². The molecule has 4 heteroatoms. The van der Waals surface area contributed by atoms with Gasteiger partial charge in [-0.1, -0.05) is 6.92 Å². The molecule has 0 unspecified atom stereocenters. The molecule has 0 radical (unpaired) electrons. The van der Waals surface area contributed by atoms with E-state index in [1.54, 1.807) is 0 Å². The molecule has 3 nitrogen and oxygen atoms in total. The summed E-state index contributed by atoms with van der Waals surface area (Å²) in [5.74, 6) is 0.701. The second-order valence-electron chi connectivity index (χ2n) is 4.00. The lowest BCUT2D eigenvalue weighted by molar-refractivity contribution is 0.270. The van der Waals surface area contributed by atoms with Crippen molar-refractivity contribution in [3.05, 3.63) is 0 Å². The maximum Gasteiger partial charge on any atom is 0.150 e. The maximum absolute atomic E-state index is 11.1. The molecule has 1 aliphatic heterocycles. The molecule has 1 heterocycles. The van der Waals surface area contributed by atoms with Gasteiger partial charge in [0.1, 0.15) is 9.84 Å². The Balaban J connectivity index is 2.55. The van der Waals surface area contributed by atoms with E-state index in [-0.39, 0.29) is 5.41 Å². The third-order valence-electron chi connectivity index (χ3n) is 2.78. The predicted molar refractivity (Wildman–Crippen MR) is 49.7 cm³/mol. The van der Waals surface area contributed by atoms with E-state index in [4.69, 9.17) is 5.73 Å². The van der Waals surface area contributed by atoms with Gasteiger partial charge in [-0.15, -0.1) is 0 Å². The summed E-state index contributed by atoms with van der Waals surface area (Å²) in [4.78, 5) is 0. The van der Waals surface area contributed by atoms with Gasteiger partial charge in [0.2, 0.25) is 0 Å². The van der Waals surface area contributed by atoms with Gasteiger partial charge in [-0.3, -0.25) is 0 Å². The Kier molecular flexibility index (Phi) is 2.78. The second-order valence-corrected chi connectivity index (χ2v) is 6.30. The van der Waals surface area contributed by atoms with Gasteiger partial charge in [0.25, 0.3) is 0 Å². The highest BCUT2D eigenvalue weighted by molar-refractivity contribution is 7.91. The zero-order valence-electron chi connectivity index (χ0n) is 7.54. The van der Waals surface area contributed by atoms with Crippen LogP contribution in [0.25, 0.3) is 0 Å². The van der Waals surface area contributed by atoms with Crippen LogP contribution in [0.4, 0.5) is 0 Å². The molecule has 0 saturated carbocycles. The Labute approximate surface area is 74.3 Å². The molecule has 2 N–H and O–H groups in total. The van der Waals surface area contributed by atoms with Gasteiger partial charge in [-0.25, -0.2) is 8.42 Å². The molecule has 0 aromatic carbocycles. The highest BCUT2D eigenvalue weighted by atomic mass is 32.2. The molecule has 1 rings (SSSR count). The summed E-state index contributed by atoms with van der Waals surface area (Å²) < 4.78 is 22.2. The Morgan fingerprint density at radius 2 is 1.83 bits per heavy atom. The molecule has 0 atom stereocenters. The molecule has 12 heavy (non-hydrogen) atoms. The molecular weight excluding hydrogens is 174 g/mol. The lowest BCUT2D eigenvalue weighted by Crippen LogP contribution is -2.32. The van der Waals surface area contributed by atoms with E-state index in [2.05, 4.69) is 6.92 Å². The Bertz CT molecular complexity index is 232. The molecule has 0 aromatic heterocycles. The van der Waals surface area contributed by atoms with Gasteiger partial charge in [0.05, 0.1) is 11.5 Å². The van der Waals surface area contributed by atoms with Gasteiger partial charge in [0.15, 0.2) is 0 Å². The van der Waals surface area contributed by atoms with Crippen molar-refractivity contribution in [2.45, 2.75) is 26.2 Å². The molecule has 0 aliphatic carbocycles. The van der Waals surface area contributed by atoms with Crippen LogP contribution in [0.3, 0.4) is 0 Å². The van der Waals surface area contributed by atoms with Crippen molar-refractivity contribution in [3.63, 3.8) is 0 Å². The zero-order valence-corrected chi connectivity index (χ0v) is 8.36. The van der Waals surface area contributed by atoms with Crippen molar-refractivity contribution in [1.82, 2.24) is 0 Å². The summed E-state index contributed by atoms with van der Waals surface area (Å²) in [6.45, 7) is 2.80. The number of hydrogen-bond acceptors (Lipinski definition) is 3. The van der Waals surface area contributed by atoms with Crippen LogP contribution in [0.15, 0.2) is 0 Å². The number of nitrogens with two attached hydrogens (primary N) is 1. The monoisotopic (exact) mass is 191 g/mol. The van der Waals surface area contributed by atoms with Crippen LogP contribution >= 0.6 is 0 Å². The molecule has 1 aliphatic rings. The van der Waals surface area contributed by atoms with E-state index in [1.807, 2.05) is 0 Å². The second kappa shape index (κ2) is 3.34. The normalized spacial score (nSPS) is 26.8. The van der Waals surface area contributed by atoms with E-state index >= 15 is 0 Å². The lowest BCUT2D eigenvalue weighted by atomic mass is 9.81. The van der Waals surface area contributed by atoms with Gasteiger partial charge < -0.3 is 5.73 Å². The summed E-state index contributed by atoms with van der Waals surface area (Å²) in [6.07, 6.45) is 2.52. The molecule has 72 valence electrons. The summed E-state index contributed by atoms with van der Waals surface area (Å²) >= 11 is 0. The van der Waals surface area contributed by atoms with Crippen molar-refractivity contribution < 1.29 is 8.42 Å². The van der Waals surface area contributed by atoms with Crippen molar-refractivity contribution in [2.24, 2.45) is 11.1 Å². The molecule has 1 fully saturated rings. The average Bonchev–Trinajstić information content (AvgIpc) is 1.98. The van der Waals surface area contributed by atoms with Crippen LogP contribution in [-0.4, -0.2) is 26.5 Å². The predicted octanol–water partition coefficient (Wildman–Crippen LogP) is 0.550. The largest absolute Gasteiger partial charge is 0.330 e. The minimum absolute atomic E-state index is 0.181. The van der Waals surface area contributed by atoms with Crippen LogP contribution in [-0.2, 0) is 9.84 Å². The number of rotatable bonds is 2. The van der Waals surface area contributed by atoms with Crippen LogP contribution in [0, 0.1) is 5.41 Å². The summed E-state index contributed by atoms with van der Waals surface area (Å²) in [7, 11) is -2.71. The van der Waals surface area contributed by atoms with Crippen molar-refractivity contribution in [2.75, 3.05) is 18.1 Å². The fourth-order valence-corrected chi connectivity index (χ4v) is 3.44. The molecule has 1 saturated heterocycles. The van der Waals surface area contributed by atoms with Crippen LogP contribution in [0.2, 0.25) is 0 Å². The first-order valence-electron chi connectivity index (χ1n) is 4.38. The molecule has 0 spiro atoms.